The van der Waals surface area contributed by atoms with E-state index in [4.69, 9.17) is 9.47 Å². The van der Waals surface area contributed by atoms with E-state index in [1.54, 1.807) is 7.11 Å². The van der Waals surface area contributed by atoms with Crippen molar-refractivity contribution in [3.8, 4) is 28.6 Å². The van der Waals surface area contributed by atoms with Gasteiger partial charge in [0.25, 0.3) is 0 Å². The molecule has 0 aliphatic rings. The summed E-state index contributed by atoms with van der Waals surface area (Å²) >= 11 is 0. The summed E-state index contributed by atoms with van der Waals surface area (Å²) < 4.78 is 37.9. The Hall–Kier alpha value is -2.84. The molecular formula is C21H25N3O4S. The van der Waals surface area contributed by atoms with Gasteiger partial charge in [0.2, 0.25) is 15.9 Å². The lowest BCUT2D eigenvalue weighted by atomic mass is 10.1. The van der Waals surface area contributed by atoms with Gasteiger partial charge in [-0.2, -0.15) is 0 Å². The summed E-state index contributed by atoms with van der Waals surface area (Å²) in [4.78, 5) is 0. The molecule has 0 radical (unpaired) electrons. The van der Waals surface area contributed by atoms with Crippen molar-refractivity contribution in [2.75, 3.05) is 13.4 Å². The zero-order valence-corrected chi connectivity index (χ0v) is 17.7. The van der Waals surface area contributed by atoms with Crippen molar-refractivity contribution in [1.29, 1.82) is 0 Å². The fourth-order valence-electron chi connectivity index (χ4n) is 2.79. The molecule has 8 heteroatoms. The second-order valence-corrected chi connectivity index (χ2v) is 8.77. The third-order valence-corrected chi connectivity index (χ3v) is 4.82. The van der Waals surface area contributed by atoms with Crippen LogP contribution in [-0.2, 0) is 16.6 Å². The predicted octanol–water partition coefficient (Wildman–Crippen LogP) is 3.38. The molecule has 1 N–H and O–H groups in total. The van der Waals surface area contributed by atoms with Crippen LogP contribution in [0.5, 0.6) is 11.6 Å². The van der Waals surface area contributed by atoms with Gasteiger partial charge in [-0.25, -0.2) is 17.8 Å². The van der Waals surface area contributed by atoms with E-state index in [1.807, 2.05) is 73.1 Å². The Morgan fingerprint density at radius 1 is 1.07 bits per heavy atom. The van der Waals surface area contributed by atoms with Crippen LogP contribution in [0, 0.1) is 0 Å². The first-order valence-corrected chi connectivity index (χ1v) is 11.1. The van der Waals surface area contributed by atoms with Gasteiger partial charge in [-0.3, -0.25) is 0 Å². The Kier molecular flexibility index (Phi) is 6.24. The highest BCUT2D eigenvalue weighted by atomic mass is 32.2. The fraction of sp³-hybridized carbons (Fsp3) is 0.286. The summed E-state index contributed by atoms with van der Waals surface area (Å²) in [7, 11) is -1.60. The Balaban J connectivity index is 1.95. The van der Waals surface area contributed by atoms with Gasteiger partial charge in [-0.15, -0.1) is 5.10 Å². The average molecular weight is 416 g/mol. The highest BCUT2D eigenvalue weighted by Gasteiger charge is 2.14. The second-order valence-electron chi connectivity index (χ2n) is 6.93. The molecular weight excluding hydrogens is 390 g/mol. The smallest absolute Gasteiger partial charge is 0.234 e. The van der Waals surface area contributed by atoms with Crippen LogP contribution in [0.15, 0.2) is 54.6 Å². The molecule has 1 heterocycles. The van der Waals surface area contributed by atoms with Gasteiger partial charge in [0.15, 0.2) is 0 Å². The second kappa shape index (κ2) is 8.67. The first-order valence-electron chi connectivity index (χ1n) is 9.20. The largest absolute Gasteiger partial charge is 0.497 e. The number of aromatic nitrogens is 2. The molecule has 3 aromatic rings. The third-order valence-electron chi connectivity index (χ3n) is 4.15. The Morgan fingerprint density at radius 2 is 1.72 bits per heavy atom. The number of nitrogens with zero attached hydrogens (tertiary/aromatic N) is 2. The molecule has 0 atom stereocenters. The summed E-state index contributed by atoms with van der Waals surface area (Å²) in [5, 5.41) is 4.61. The molecule has 0 saturated heterocycles. The van der Waals surface area contributed by atoms with Gasteiger partial charge in [0.05, 0.1) is 30.9 Å². The van der Waals surface area contributed by atoms with Gasteiger partial charge in [0, 0.05) is 18.2 Å². The summed E-state index contributed by atoms with van der Waals surface area (Å²) in [5.74, 6) is 1.30. The number of ether oxygens (including phenoxy) is 2. The lowest BCUT2D eigenvalue weighted by Gasteiger charge is -2.09. The highest BCUT2D eigenvalue weighted by molar-refractivity contribution is 7.88. The topological polar surface area (TPSA) is 82.4 Å². The molecule has 0 amide bonds. The van der Waals surface area contributed by atoms with Gasteiger partial charge in [0.1, 0.15) is 5.75 Å². The number of sulfonamides is 1. The minimum atomic E-state index is -3.23. The van der Waals surface area contributed by atoms with E-state index in [2.05, 4.69) is 9.82 Å². The van der Waals surface area contributed by atoms with Crippen LogP contribution >= 0.6 is 0 Å². The van der Waals surface area contributed by atoms with Crippen molar-refractivity contribution < 1.29 is 17.9 Å². The molecule has 0 bridgehead atoms. The van der Waals surface area contributed by atoms with Crippen molar-refractivity contribution in [2.45, 2.75) is 26.5 Å². The minimum absolute atomic E-state index is 0.00603. The summed E-state index contributed by atoms with van der Waals surface area (Å²) in [6, 6.07) is 17.2. The van der Waals surface area contributed by atoms with Crippen LogP contribution in [-0.4, -0.2) is 37.7 Å². The van der Waals surface area contributed by atoms with Crippen LogP contribution < -0.4 is 14.2 Å². The number of hydrogen-bond acceptors (Lipinski definition) is 5. The maximum atomic E-state index is 11.3. The fourth-order valence-corrected chi connectivity index (χ4v) is 3.22. The normalized spacial score (nSPS) is 11.6. The summed E-state index contributed by atoms with van der Waals surface area (Å²) in [5.41, 5.74) is 3.55. The Morgan fingerprint density at radius 3 is 2.28 bits per heavy atom. The van der Waals surface area contributed by atoms with Crippen LogP contribution in [0.1, 0.15) is 19.4 Å². The minimum Gasteiger partial charge on any atom is -0.497 e. The van der Waals surface area contributed by atoms with E-state index in [-0.39, 0.29) is 12.6 Å². The number of nitrogens with one attached hydrogen (secondary N) is 1. The maximum Gasteiger partial charge on any atom is 0.234 e. The lowest BCUT2D eigenvalue weighted by molar-refractivity contribution is 0.231. The number of hydrogen-bond donors (Lipinski definition) is 1. The molecule has 0 aliphatic heterocycles. The van der Waals surface area contributed by atoms with Crippen LogP contribution in [0.4, 0.5) is 0 Å². The van der Waals surface area contributed by atoms with Crippen molar-refractivity contribution in [3.63, 3.8) is 0 Å². The predicted molar refractivity (Wildman–Crippen MR) is 113 cm³/mol. The molecule has 3 rings (SSSR count). The lowest BCUT2D eigenvalue weighted by Crippen LogP contribution is -2.21. The molecule has 1 aromatic heterocycles. The molecule has 29 heavy (non-hydrogen) atoms. The molecule has 0 saturated carbocycles. The molecule has 0 spiro atoms. The van der Waals surface area contributed by atoms with E-state index in [0.717, 1.165) is 34.5 Å². The Labute approximate surface area is 171 Å². The van der Waals surface area contributed by atoms with Crippen molar-refractivity contribution >= 4 is 10.0 Å². The molecule has 7 nitrogen and oxygen atoms in total. The third kappa shape index (κ3) is 5.58. The number of methoxy groups -OCH3 is 1. The van der Waals surface area contributed by atoms with Crippen LogP contribution in [0.25, 0.3) is 16.9 Å². The monoisotopic (exact) mass is 415 g/mol. The molecule has 0 aliphatic carbocycles. The van der Waals surface area contributed by atoms with E-state index < -0.39 is 10.0 Å². The SMILES string of the molecule is COc1ccc(-n2nc(OC(C)C)cc2-c2ccc(CNS(C)(=O)=O)cc2)cc1. The molecule has 154 valence electrons. The van der Waals surface area contributed by atoms with E-state index in [9.17, 15) is 8.42 Å². The van der Waals surface area contributed by atoms with Crippen molar-refractivity contribution in [2.24, 2.45) is 0 Å². The maximum absolute atomic E-state index is 11.3. The van der Waals surface area contributed by atoms with Crippen LogP contribution in [0.2, 0.25) is 0 Å². The average Bonchev–Trinajstić information content (AvgIpc) is 3.09. The zero-order valence-electron chi connectivity index (χ0n) is 16.9. The van der Waals surface area contributed by atoms with Crippen molar-refractivity contribution in [1.82, 2.24) is 14.5 Å². The first kappa shape index (κ1) is 20.9. The molecule has 2 aromatic carbocycles. The number of rotatable bonds is 8. The molecule has 0 unspecified atom stereocenters. The standard InChI is InChI=1S/C21H25N3O4S/c1-15(2)28-21-13-20(24(23-21)18-9-11-19(27-3)12-10-18)17-7-5-16(6-8-17)14-22-29(4,25)26/h5-13,15,22H,14H2,1-4H3. The number of benzene rings is 2. The van der Waals surface area contributed by atoms with Gasteiger partial charge in [-0.1, -0.05) is 24.3 Å². The van der Waals surface area contributed by atoms with Gasteiger partial charge < -0.3 is 9.47 Å². The van der Waals surface area contributed by atoms with Crippen molar-refractivity contribution in [3.05, 3.63) is 60.2 Å². The summed E-state index contributed by atoms with van der Waals surface area (Å²) in [6.45, 7) is 4.16. The first-order chi connectivity index (χ1) is 13.7. The van der Waals surface area contributed by atoms with Gasteiger partial charge in [-0.05, 0) is 43.7 Å². The summed E-state index contributed by atoms with van der Waals surface area (Å²) in [6.07, 6.45) is 1.15. The van der Waals surface area contributed by atoms with Gasteiger partial charge >= 0.3 is 0 Å². The zero-order chi connectivity index (χ0) is 21.0. The quantitative estimate of drug-likeness (QED) is 0.610. The van der Waals surface area contributed by atoms with E-state index in [0.29, 0.717) is 5.88 Å². The van der Waals surface area contributed by atoms with E-state index >= 15 is 0 Å². The molecule has 0 fully saturated rings. The Bertz CT molecular complexity index is 1060. The van der Waals surface area contributed by atoms with Crippen LogP contribution in [0.3, 0.4) is 0 Å². The van der Waals surface area contributed by atoms with E-state index in [1.165, 1.54) is 0 Å². The highest BCUT2D eigenvalue weighted by Crippen LogP contribution is 2.28.